The van der Waals surface area contributed by atoms with Crippen molar-refractivity contribution >= 4 is 28.9 Å². The van der Waals surface area contributed by atoms with Crippen molar-refractivity contribution in [2.24, 2.45) is 28.8 Å². The van der Waals surface area contributed by atoms with Crippen LogP contribution in [0.25, 0.3) is 10.9 Å². The van der Waals surface area contributed by atoms with Crippen molar-refractivity contribution in [3.63, 3.8) is 0 Å². The van der Waals surface area contributed by atoms with E-state index in [1.165, 1.54) is 12.1 Å². The first-order valence-electron chi connectivity index (χ1n) is 10.5. The molecule has 31 heavy (non-hydrogen) atoms. The molecule has 2 amide bonds. The predicted molar refractivity (Wildman–Crippen MR) is 115 cm³/mol. The van der Waals surface area contributed by atoms with Crippen molar-refractivity contribution in [3.05, 3.63) is 83.8 Å². The smallest absolute Gasteiger partial charge is 0.254 e. The molecular weight excluding hydrogens is 393 g/mol. The number of benzene rings is 2. The van der Waals surface area contributed by atoms with E-state index < -0.39 is 0 Å². The highest BCUT2D eigenvalue weighted by Gasteiger charge is 2.59. The van der Waals surface area contributed by atoms with Crippen molar-refractivity contribution in [1.29, 1.82) is 0 Å². The van der Waals surface area contributed by atoms with Gasteiger partial charge in [-0.05, 0) is 42.0 Å². The lowest BCUT2D eigenvalue weighted by molar-refractivity contribution is -0.140. The zero-order chi connectivity index (χ0) is 21.1. The average molecular weight is 413 g/mol. The number of carbonyl (C=O) groups excluding carboxylic acids is 2. The van der Waals surface area contributed by atoms with E-state index in [0.717, 1.165) is 33.5 Å². The summed E-state index contributed by atoms with van der Waals surface area (Å²) in [7, 11) is 0. The van der Waals surface area contributed by atoms with Crippen LogP contribution in [0.3, 0.4) is 0 Å². The van der Waals surface area contributed by atoms with Gasteiger partial charge in [0.2, 0.25) is 0 Å². The Balaban J connectivity index is 1.32. The molecule has 1 aliphatic heterocycles. The lowest BCUT2D eigenvalue weighted by Crippen LogP contribution is -2.28. The van der Waals surface area contributed by atoms with E-state index in [2.05, 4.69) is 17.3 Å². The Morgan fingerprint density at radius 3 is 2.48 bits per heavy atom. The van der Waals surface area contributed by atoms with E-state index in [4.69, 9.17) is 0 Å². The largest absolute Gasteiger partial charge is 0.342 e. The quantitative estimate of drug-likeness (QED) is 0.369. The molecule has 0 N–H and O–H groups in total. The van der Waals surface area contributed by atoms with E-state index in [1.54, 1.807) is 12.3 Å². The fourth-order valence-corrected chi connectivity index (χ4v) is 5.46. The second-order valence-corrected chi connectivity index (χ2v) is 8.59. The molecule has 6 heteroatoms. The highest BCUT2D eigenvalue weighted by Crippen LogP contribution is 2.52. The molecule has 2 aliphatic carbocycles. The minimum Gasteiger partial charge on any atom is -0.342 e. The number of imide groups is 1. The zero-order valence-corrected chi connectivity index (χ0v) is 16.7. The van der Waals surface area contributed by atoms with Gasteiger partial charge in [0.1, 0.15) is 5.82 Å². The van der Waals surface area contributed by atoms with Gasteiger partial charge in [0.25, 0.3) is 11.8 Å². The van der Waals surface area contributed by atoms with Gasteiger partial charge in [0.15, 0.2) is 0 Å². The summed E-state index contributed by atoms with van der Waals surface area (Å²) in [4.78, 5) is 25.7. The zero-order valence-electron chi connectivity index (χ0n) is 16.7. The third kappa shape index (κ3) is 2.78. The number of para-hydroxylation sites is 1. The Morgan fingerprint density at radius 2 is 1.74 bits per heavy atom. The second kappa shape index (κ2) is 6.74. The predicted octanol–water partition coefficient (Wildman–Crippen LogP) is 3.97. The number of hydrogen-bond donors (Lipinski definition) is 0. The van der Waals surface area contributed by atoms with Crippen molar-refractivity contribution in [3.8, 4) is 0 Å². The van der Waals surface area contributed by atoms with Gasteiger partial charge < -0.3 is 4.57 Å². The number of nitrogens with zero attached hydrogens (tertiary/aromatic N) is 3. The molecule has 3 aromatic rings. The molecule has 0 radical (unpaired) electrons. The number of allylic oxidation sites excluding steroid dienone is 2. The Morgan fingerprint density at radius 1 is 1.00 bits per heavy atom. The van der Waals surface area contributed by atoms with Crippen molar-refractivity contribution in [2.75, 3.05) is 0 Å². The van der Waals surface area contributed by atoms with Gasteiger partial charge in [0.05, 0.1) is 18.1 Å². The fraction of sp³-hybridized carbons (Fsp3) is 0.240. The molecular formula is C25H20FN3O2. The summed E-state index contributed by atoms with van der Waals surface area (Å²) in [5.41, 5.74) is 2.64. The maximum Gasteiger partial charge on any atom is 0.254 e. The Kier molecular flexibility index (Phi) is 3.96. The van der Waals surface area contributed by atoms with Crippen LogP contribution in [0.2, 0.25) is 0 Å². The molecule has 1 saturated carbocycles. The van der Waals surface area contributed by atoms with Gasteiger partial charge in [-0.15, -0.1) is 0 Å². The fourth-order valence-electron chi connectivity index (χ4n) is 5.46. The van der Waals surface area contributed by atoms with Crippen LogP contribution in [0.15, 0.2) is 72.0 Å². The van der Waals surface area contributed by atoms with Crippen molar-refractivity contribution in [2.45, 2.75) is 13.0 Å². The number of fused-ring (bicyclic) bond motifs is 6. The van der Waals surface area contributed by atoms with Gasteiger partial charge in [-0.1, -0.05) is 42.5 Å². The number of hydrogen-bond acceptors (Lipinski definition) is 3. The molecule has 3 aliphatic rings. The molecule has 5 nitrogen and oxygen atoms in total. The van der Waals surface area contributed by atoms with Gasteiger partial charge >= 0.3 is 0 Å². The summed E-state index contributed by atoms with van der Waals surface area (Å²) < 4.78 is 15.6. The van der Waals surface area contributed by atoms with Gasteiger partial charge in [-0.2, -0.15) is 10.1 Å². The molecule has 2 heterocycles. The van der Waals surface area contributed by atoms with E-state index in [0.29, 0.717) is 6.54 Å². The van der Waals surface area contributed by atoms with E-state index >= 15 is 0 Å². The van der Waals surface area contributed by atoms with E-state index in [1.807, 2.05) is 41.1 Å². The first-order valence-corrected chi connectivity index (χ1v) is 10.5. The molecule has 4 atom stereocenters. The molecule has 0 spiro atoms. The Hall–Kier alpha value is -3.54. The summed E-state index contributed by atoms with van der Waals surface area (Å²) in [6.07, 6.45) is 8.57. The summed E-state index contributed by atoms with van der Waals surface area (Å²) in [5, 5.41) is 6.36. The molecule has 154 valence electrons. The molecule has 1 saturated heterocycles. The number of hydrazone groups is 1. The average Bonchev–Trinajstić information content (AvgIpc) is 3.51. The van der Waals surface area contributed by atoms with E-state index in [-0.39, 0.29) is 41.3 Å². The number of carbonyl (C=O) groups is 2. The summed E-state index contributed by atoms with van der Waals surface area (Å²) in [6.45, 7) is 0.507. The van der Waals surface area contributed by atoms with Crippen molar-refractivity contribution < 1.29 is 14.0 Å². The number of aromatic nitrogens is 1. The lowest BCUT2D eigenvalue weighted by Gasteiger charge is -2.13. The Bertz CT molecular complexity index is 1260. The Labute approximate surface area is 178 Å². The van der Waals surface area contributed by atoms with Crippen LogP contribution < -0.4 is 0 Å². The molecule has 6 rings (SSSR count). The maximum absolute atomic E-state index is 13.6. The van der Waals surface area contributed by atoms with Gasteiger partial charge in [-0.3, -0.25) is 9.59 Å². The highest BCUT2D eigenvalue weighted by atomic mass is 19.1. The van der Waals surface area contributed by atoms with Gasteiger partial charge in [0, 0.05) is 29.2 Å². The lowest BCUT2D eigenvalue weighted by atomic mass is 9.85. The van der Waals surface area contributed by atoms with Crippen LogP contribution in [0.5, 0.6) is 0 Å². The highest BCUT2D eigenvalue weighted by molar-refractivity contribution is 6.07. The second-order valence-electron chi connectivity index (χ2n) is 8.59. The van der Waals surface area contributed by atoms with Crippen LogP contribution >= 0.6 is 0 Å². The number of rotatable bonds is 4. The molecule has 2 fully saturated rings. The monoisotopic (exact) mass is 413 g/mol. The third-order valence-electron chi connectivity index (χ3n) is 6.82. The summed E-state index contributed by atoms with van der Waals surface area (Å²) in [6, 6.07) is 14.4. The molecule has 1 aromatic heterocycles. The van der Waals surface area contributed by atoms with Crippen LogP contribution in [-0.4, -0.2) is 27.6 Å². The number of halogens is 1. The minimum atomic E-state index is -0.268. The summed E-state index contributed by atoms with van der Waals surface area (Å²) >= 11 is 0. The third-order valence-corrected chi connectivity index (χ3v) is 6.82. The first-order chi connectivity index (χ1) is 15.1. The summed E-state index contributed by atoms with van der Waals surface area (Å²) in [5.74, 6) is -0.823. The van der Waals surface area contributed by atoms with E-state index in [9.17, 15) is 14.0 Å². The first kappa shape index (κ1) is 18.2. The van der Waals surface area contributed by atoms with Crippen molar-refractivity contribution in [1.82, 2.24) is 9.58 Å². The SMILES string of the molecule is O=C1[C@@H]2[C@H](C(=O)N1N=Cc1cn(Cc3cccc(F)c3)c3ccccc13)[C@H]1C=C[C@H]2C1. The molecule has 0 unspecified atom stereocenters. The number of amides is 2. The van der Waals surface area contributed by atoms with Crippen LogP contribution in [0.1, 0.15) is 17.5 Å². The molecule has 2 bridgehead atoms. The van der Waals surface area contributed by atoms with Crippen LogP contribution in [0.4, 0.5) is 4.39 Å². The van der Waals surface area contributed by atoms with Crippen LogP contribution in [-0.2, 0) is 16.1 Å². The standard InChI is InChI=1S/C25H20FN3O2/c26-19-5-3-4-15(10-19)13-28-14-18(20-6-1-2-7-21(20)28)12-27-29-24(30)22-16-8-9-17(11-16)23(22)25(29)31/h1-10,12,14,16-17,22-23H,11,13H2/t16-,17-,22-,23+/m0/s1. The topological polar surface area (TPSA) is 54.7 Å². The normalized spacial score (nSPS) is 26.7. The van der Waals surface area contributed by atoms with Crippen LogP contribution in [0, 0.1) is 29.5 Å². The van der Waals surface area contributed by atoms with Gasteiger partial charge in [-0.25, -0.2) is 4.39 Å². The molecule has 2 aromatic carbocycles. The maximum atomic E-state index is 13.6. The minimum absolute atomic E-state index is 0.167.